The Morgan fingerprint density at radius 1 is 0.324 bits per heavy atom. The summed E-state index contributed by atoms with van der Waals surface area (Å²) in [5.41, 5.74) is 2.13. The van der Waals surface area contributed by atoms with Gasteiger partial charge in [-0.2, -0.15) is 0 Å². The third-order valence-electron chi connectivity index (χ3n) is 12.8. The molecule has 0 saturated heterocycles. The summed E-state index contributed by atoms with van der Waals surface area (Å²) in [5.74, 6) is 2.82. The number of aromatic hydroxyl groups is 2. The van der Waals surface area contributed by atoms with Crippen molar-refractivity contribution < 1.29 is 29.2 Å². The van der Waals surface area contributed by atoms with Gasteiger partial charge < -0.3 is 29.2 Å². The van der Waals surface area contributed by atoms with E-state index in [1.54, 1.807) is 12.4 Å². The molecule has 3 aromatic carbocycles. The maximum Gasteiger partial charge on any atom is 0.163 e. The average Bonchev–Trinajstić information content (AvgIpc) is 3.34. The van der Waals surface area contributed by atoms with Crippen LogP contribution in [0, 0.1) is 0 Å². The van der Waals surface area contributed by atoms with Crippen molar-refractivity contribution in [2.24, 2.45) is 9.98 Å². The topological polar surface area (TPSA) is 102 Å². The molecular weight excluding hydrogens is 845 g/mol. The molecule has 0 aliphatic rings. The van der Waals surface area contributed by atoms with Crippen LogP contribution in [0.4, 0.5) is 11.4 Å². The standard InChI is InChI=1S/C60H96N2O6/c1-5-9-13-17-21-25-29-33-41-65-57-39-37-53(47-59(57)67-43-35-31-27-23-19-15-11-7-3)61-49-51-45-56(64)52(46-55(51)63)50-62-54-38-40-58(66-42-34-30-26-22-18-14-10-6-2)60(48-54)68-44-36-32-28-24-20-16-12-8-4/h37-40,45-50,63-64H,5-36,41-44H2,1-4H3. The molecule has 68 heavy (non-hydrogen) atoms. The number of nitrogens with zero attached hydrogens (tertiary/aromatic N) is 2. The zero-order chi connectivity index (χ0) is 48.5. The van der Waals surface area contributed by atoms with Crippen LogP contribution >= 0.6 is 0 Å². The lowest BCUT2D eigenvalue weighted by molar-refractivity contribution is 0.258. The molecule has 0 atom stereocenters. The Labute approximate surface area is 415 Å². The second-order valence-electron chi connectivity index (χ2n) is 19.0. The summed E-state index contributed by atoms with van der Waals surface area (Å²) in [6, 6.07) is 14.5. The van der Waals surface area contributed by atoms with Crippen molar-refractivity contribution in [2.75, 3.05) is 26.4 Å². The summed E-state index contributed by atoms with van der Waals surface area (Å²) in [6.07, 6.45) is 43.0. The van der Waals surface area contributed by atoms with Crippen LogP contribution < -0.4 is 18.9 Å². The fourth-order valence-electron chi connectivity index (χ4n) is 8.39. The van der Waals surface area contributed by atoms with Crippen LogP contribution in [0.3, 0.4) is 0 Å². The molecule has 382 valence electrons. The molecule has 0 saturated carbocycles. The quantitative estimate of drug-likeness (QED) is 0.0333. The van der Waals surface area contributed by atoms with E-state index >= 15 is 0 Å². The molecule has 0 amide bonds. The number of phenolic OH excluding ortho intramolecular Hbond substituents is 2. The third-order valence-corrected chi connectivity index (χ3v) is 12.8. The van der Waals surface area contributed by atoms with E-state index in [1.807, 2.05) is 36.4 Å². The number of phenols is 2. The number of unbranched alkanes of at least 4 members (excludes halogenated alkanes) is 28. The predicted molar refractivity (Wildman–Crippen MR) is 290 cm³/mol. The molecule has 0 bridgehead atoms. The first kappa shape index (κ1) is 58.1. The van der Waals surface area contributed by atoms with Crippen molar-refractivity contribution in [3.05, 3.63) is 59.7 Å². The third kappa shape index (κ3) is 27.1. The van der Waals surface area contributed by atoms with Crippen molar-refractivity contribution in [3.63, 3.8) is 0 Å². The van der Waals surface area contributed by atoms with Crippen LogP contribution in [0.15, 0.2) is 58.5 Å². The Morgan fingerprint density at radius 3 is 0.853 bits per heavy atom. The minimum absolute atomic E-state index is 0.0106. The zero-order valence-corrected chi connectivity index (χ0v) is 43.7. The van der Waals surface area contributed by atoms with Gasteiger partial charge in [-0.1, -0.05) is 207 Å². The number of aliphatic imine (C=N–C) groups is 2. The second kappa shape index (κ2) is 39.6. The highest BCUT2D eigenvalue weighted by molar-refractivity contribution is 5.92. The lowest BCUT2D eigenvalue weighted by Gasteiger charge is -2.14. The fraction of sp³-hybridized carbons (Fsp3) is 0.667. The molecule has 8 heteroatoms. The number of ether oxygens (including phenoxy) is 4. The van der Waals surface area contributed by atoms with Gasteiger partial charge in [0, 0.05) is 35.7 Å². The predicted octanol–water partition coefficient (Wildman–Crippen LogP) is 18.7. The summed E-state index contributed by atoms with van der Waals surface area (Å²) in [5, 5.41) is 22.2. The Hall–Kier alpha value is -4.20. The van der Waals surface area contributed by atoms with Crippen molar-refractivity contribution in [1.29, 1.82) is 0 Å². The number of hydrogen-bond donors (Lipinski definition) is 2. The summed E-state index contributed by atoms with van der Waals surface area (Å²) >= 11 is 0. The maximum atomic E-state index is 11.1. The molecule has 0 aliphatic heterocycles. The molecule has 0 unspecified atom stereocenters. The SMILES string of the molecule is CCCCCCCCCCOc1ccc(N=Cc2cc(O)c(C=Nc3ccc(OCCCCCCCCCC)c(OCCCCCCCCCC)c3)cc2O)cc1OCCCCCCCCCC. The molecule has 0 fully saturated rings. The maximum absolute atomic E-state index is 11.1. The van der Waals surface area contributed by atoms with Gasteiger partial charge >= 0.3 is 0 Å². The average molecular weight is 941 g/mol. The molecule has 8 nitrogen and oxygen atoms in total. The van der Waals surface area contributed by atoms with Crippen LogP contribution in [0.2, 0.25) is 0 Å². The summed E-state index contributed by atoms with van der Waals surface area (Å²) in [7, 11) is 0. The first-order valence-corrected chi connectivity index (χ1v) is 27.9. The fourth-order valence-corrected chi connectivity index (χ4v) is 8.39. The zero-order valence-electron chi connectivity index (χ0n) is 43.7. The smallest absolute Gasteiger partial charge is 0.163 e. The lowest BCUT2D eigenvalue weighted by Crippen LogP contribution is -2.03. The summed E-state index contributed by atoms with van der Waals surface area (Å²) in [6.45, 7) is 11.6. The van der Waals surface area contributed by atoms with Gasteiger partial charge in [0.25, 0.3) is 0 Å². The van der Waals surface area contributed by atoms with Gasteiger partial charge in [0.15, 0.2) is 23.0 Å². The Balaban J connectivity index is 1.64. The molecule has 2 N–H and O–H groups in total. The molecule has 3 rings (SSSR count). The number of rotatable bonds is 44. The number of hydrogen-bond acceptors (Lipinski definition) is 8. The van der Waals surface area contributed by atoms with Crippen molar-refractivity contribution in [3.8, 4) is 34.5 Å². The van der Waals surface area contributed by atoms with E-state index in [0.717, 1.165) is 50.0 Å². The molecule has 0 heterocycles. The normalized spacial score (nSPS) is 11.6. The highest BCUT2D eigenvalue weighted by Crippen LogP contribution is 2.35. The van der Waals surface area contributed by atoms with E-state index in [1.165, 1.54) is 179 Å². The van der Waals surface area contributed by atoms with Gasteiger partial charge in [-0.3, -0.25) is 9.98 Å². The van der Waals surface area contributed by atoms with Gasteiger partial charge in [-0.05, 0) is 62.1 Å². The van der Waals surface area contributed by atoms with Crippen molar-refractivity contribution in [1.82, 2.24) is 0 Å². The van der Waals surface area contributed by atoms with Crippen LogP contribution in [-0.4, -0.2) is 49.1 Å². The summed E-state index contributed by atoms with van der Waals surface area (Å²) in [4.78, 5) is 9.36. The van der Waals surface area contributed by atoms with E-state index < -0.39 is 0 Å². The van der Waals surface area contributed by atoms with Gasteiger partial charge in [-0.25, -0.2) is 0 Å². The molecule has 0 spiro atoms. The molecule has 3 aromatic rings. The Bertz CT molecular complexity index is 1630. The Morgan fingerprint density at radius 2 is 0.574 bits per heavy atom. The minimum Gasteiger partial charge on any atom is -0.507 e. The number of benzene rings is 3. The van der Waals surface area contributed by atoms with Crippen molar-refractivity contribution in [2.45, 2.75) is 233 Å². The first-order valence-electron chi connectivity index (χ1n) is 27.9. The monoisotopic (exact) mass is 941 g/mol. The molecule has 0 aromatic heterocycles. The van der Waals surface area contributed by atoms with Crippen LogP contribution in [0.1, 0.15) is 244 Å². The lowest BCUT2D eigenvalue weighted by atomic mass is 10.1. The van der Waals surface area contributed by atoms with Crippen LogP contribution in [-0.2, 0) is 0 Å². The van der Waals surface area contributed by atoms with E-state index in [0.29, 0.717) is 60.4 Å². The summed E-state index contributed by atoms with van der Waals surface area (Å²) < 4.78 is 25.1. The van der Waals surface area contributed by atoms with Gasteiger partial charge in [-0.15, -0.1) is 0 Å². The van der Waals surface area contributed by atoms with E-state index in [4.69, 9.17) is 18.9 Å². The van der Waals surface area contributed by atoms with E-state index in [-0.39, 0.29) is 11.5 Å². The van der Waals surface area contributed by atoms with E-state index in [9.17, 15) is 10.2 Å². The molecule has 0 aliphatic carbocycles. The van der Waals surface area contributed by atoms with Crippen LogP contribution in [0.5, 0.6) is 34.5 Å². The largest absolute Gasteiger partial charge is 0.507 e. The first-order chi connectivity index (χ1) is 33.5. The second-order valence-corrected chi connectivity index (χ2v) is 19.0. The van der Waals surface area contributed by atoms with Crippen molar-refractivity contribution >= 4 is 23.8 Å². The van der Waals surface area contributed by atoms with Gasteiger partial charge in [0.2, 0.25) is 0 Å². The van der Waals surface area contributed by atoms with Gasteiger partial charge in [0.1, 0.15) is 11.5 Å². The Kier molecular flexibility index (Phi) is 33.9. The van der Waals surface area contributed by atoms with E-state index in [2.05, 4.69) is 37.7 Å². The molecule has 0 radical (unpaired) electrons. The highest BCUT2D eigenvalue weighted by atomic mass is 16.5. The highest BCUT2D eigenvalue weighted by Gasteiger charge is 2.11. The van der Waals surface area contributed by atoms with Crippen LogP contribution in [0.25, 0.3) is 0 Å². The van der Waals surface area contributed by atoms with Gasteiger partial charge in [0.05, 0.1) is 37.8 Å². The minimum atomic E-state index is -0.0106. The molecular formula is C60H96N2O6.